The summed E-state index contributed by atoms with van der Waals surface area (Å²) >= 11 is 1.13. The summed E-state index contributed by atoms with van der Waals surface area (Å²) in [4.78, 5) is 28.2. The molecule has 0 aromatic carbocycles. The number of nitrogens with one attached hydrogen (secondary N) is 1. The first-order valence-corrected chi connectivity index (χ1v) is 3.86. The second-order valence-electron chi connectivity index (χ2n) is 2.08. The van der Waals surface area contributed by atoms with Crippen molar-refractivity contribution in [2.45, 2.75) is 0 Å². The highest BCUT2D eigenvalue weighted by Gasteiger charge is 2.07. The fourth-order valence-electron chi connectivity index (χ4n) is 0.830. The summed E-state index contributed by atoms with van der Waals surface area (Å²) in [5.74, 6) is 0. The van der Waals surface area contributed by atoms with Crippen molar-refractivity contribution in [3.63, 3.8) is 0 Å². The number of hydrogen-bond donors (Lipinski definition) is 2. The first-order valence-electron chi connectivity index (χ1n) is 2.98. The van der Waals surface area contributed by atoms with Crippen LogP contribution in [0.15, 0.2) is 15.1 Å². The number of aromatic amines is 1. The summed E-state index contributed by atoms with van der Waals surface area (Å²) in [5, 5.41) is 8.85. The number of H-pyrrole nitrogens is 1. The normalized spacial score (nSPS) is 10.7. The number of fused-ring (bicyclic) bond motifs is 1. The van der Waals surface area contributed by atoms with Crippen LogP contribution in [-0.2, 0) is 0 Å². The fraction of sp³-hybridized carbons (Fsp3) is 0. The molecule has 62 valence electrons. The molecule has 6 nitrogen and oxygen atoms in total. The quantitative estimate of drug-likeness (QED) is 0.535. The van der Waals surface area contributed by atoms with Crippen LogP contribution in [0.3, 0.4) is 0 Å². The molecular formula is C5H3N3O3S. The summed E-state index contributed by atoms with van der Waals surface area (Å²) < 4.78 is 0.00204. The third-order valence-corrected chi connectivity index (χ3v) is 2.12. The molecule has 0 radical (unpaired) electrons. The number of hydrogen-bond acceptors (Lipinski definition) is 5. The Morgan fingerprint density at radius 2 is 2.33 bits per heavy atom. The van der Waals surface area contributed by atoms with Gasteiger partial charge < -0.3 is 5.21 Å². The number of nitrogens with zero attached hydrogens (tertiary/aromatic N) is 2. The Labute approximate surface area is 68.7 Å². The number of rotatable bonds is 0. The summed E-state index contributed by atoms with van der Waals surface area (Å²) in [5.41, 5.74) is -0.156. The average molecular weight is 185 g/mol. The molecule has 0 aliphatic rings. The first-order chi connectivity index (χ1) is 5.70. The van der Waals surface area contributed by atoms with Crippen molar-refractivity contribution in [1.29, 1.82) is 0 Å². The van der Waals surface area contributed by atoms with Gasteiger partial charge in [0.1, 0.15) is 4.83 Å². The Morgan fingerprint density at radius 1 is 1.58 bits per heavy atom. The van der Waals surface area contributed by atoms with Crippen LogP contribution < -0.4 is 11.2 Å². The molecule has 0 atom stereocenters. The minimum atomic E-state index is -0.850. The predicted molar refractivity (Wildman–Crippen MR) is 41.7 cm³/mol. The molecule has 2 aromatic heterocycles. The van der Waals surface area contributed by atoms with Crippen LogP contribution in [0.2, 0.25) is 0 Å². The Kier molecular flexibility index (Phi) is 1.28. The largest absolute Gasteiger partial charge is 0.421 e. The lowest BCUT2D eigenvalue weighted by Crippen LogP contribution is -2.32. The molecule has 0 fully saturated rings. The molecule has 12 heavy (non-hydrogen) atoms. The van der Waals surface area contributed by atoms with E-state index in [1.54, 1.807) is 0 Å². The summed E-state index contributed by atoms with van der Waals surface area (Å²) in [6.07, 6.45) is 0. The van der Waals surface area contributed by atoms with Gasteiger partial charge in [-0.15, -0.1) is 11.3 Å². The number of thiazole rings is 1. The van der Waals surface area contributed by atoms with Crippen molar-refractivity contribution < 1.29 is 5.21 Å². The molecule has 0 unspecified atom stereocenters. The summed E-state index contributed by atoms with van der Waals surface area (Å²) in [6.45, 7) is 0. The maximum Gasteiger partial charge on any atom is 0.363 e. The van der Waals surface area contributed by atoms with E-state index < -0.39 is 11.2 Å². The Balaban J connectivity index is 3.16. The Bertz CT molecular complexity index is 537. The van der Waals surface area contributed by atoms with E-state index in [-0.39, 0.29) is 10.2 Å². The van der Waals surface area contributed by atoms with Crippen molar-refractivity contribution >= 4 is 21.7 Å². The van der Waals surface area contributed by atoms with Crippen molar-refractivity contribution in [1.82, 2.24) is 14.7 Å². The third-order valence-electron chi connectivity index (χ3n) is 1.38. The van der Waals surface area contributed by atoms with Gasteiger partial charge in [0.05, 0.1) is 5.51 Å². The van der Waals surface area contributed by atoms with Crippen molar-refractivity contribution in [3.05, 3.63) is 26.3 Å². The monoisotopic (exact) mass is 185 g/mol. The van der Waals surface area contributed by atoms with Gasteiger partial charge in [-0.3, -0.25) is 9.78 Å². The first kappa shape index (κ1) is 7.04. The van der Waals surface area contributed by atoms with E-state index in [0.717, 1.165) is 11.3 Å². The molecule has 2 heterocycles. The van der Waals surface area contributed by atoms with Gasteiger partial charge in [0.15, 0.2) is 5.52 Å². The molecule has 0 aliphatic carbocycles. The van der Waals surface area contributed by atoms with Crippen LogP contribution >= 0.6 is 11.3 Å². The molecule has 0 saturated carbocycles. The zero-order valence-electron chi connectivity index (χ0n) is 5.64. The minimum Gasteiger partial charge on any atom is -0.421 e. The standard InChI is InChI=1S/C5H3N3O3S/c9-4-2-3(12-1-6-2)7-5(10)8(4)11/h1,11H,(H,7,10). The second-order valence-corrected chi connectivity index (χ2v) is 2.93. The van der Waals surface area contributed by atoms with Gasteiger partial charge in [0, 0.05) is 0 Å². The van der Waals surface area contributed by atoms with Crippen LogP contribution in [0, 0.1) is 0 Å². The maximum atomic E-state index is 11.0. The highest BCUT2D eigenvalue weighted by Crippen LogP contribution is 2.07. The fourth-order valence-corrected chi connectivity index (χ4v) is 1.49. The van der Waals surface area contributed by atoms with E-state index >= 15 is 0 Å². The lowest BCUT2D eigenvalue weighted by molar-refractivity contribution is 0.162. The molecule has 2 rings (SSSR count). The summed E-state index contributed by atoms with van der Waals surface area (Å²) in [6, 6.07) is 0. The van der Waals surface area contributed by atoms with Crippen LogP contribution in [0.1, 0.15) is 0 Å². The van der Waals surface area contributed by atoms with E-state index in [2.05, 4.69) is 9.97 Å². The van der Waals surface area contributed by atoms with E-state index in [0.29, 0.717) is 4.83 Å². The van der Waals surface area contributed by atoms with Crippen LogP contribution in [0.25, 0.3) is 10.3 Å². The minimum absolute atomic E-state index is 0.00204. The maximum absolute atomic E-state index is 11.0. The van der Waals surface area contributed by atoms with Gasteiger partial charge in [-0.2, -0.15) is 0 Å². The van der Waals surface area contributed by atoms with Crippen molar-refractivity contribution in [2.24, 2.45) is 0 Å². The zero-order valence-corrected chi connectivity index (χ0v) is 6.46. The van der Waals surface area contributed by atoms with Gasteiger partial charge in [-0.25, -0.2) is 9.78 Å². The van der Waals surface area contributed by atoms with Crippen molar-refractivity contribution in [3.8, 4) is 0 Å². The average Bonchev–Trinajstić information content (AvgIpc) is 2.48. The number of aromatic nitrogens is 3. The lowest BCUT2D eigenvalue weighted by Gasteiger charge is -1.91. The molecule has 7 heteroatoms. The zero-order chi connectivity index (χ0) is 8.72. The van der Waals surface area contributed by atoms with Gasteiger partial charge in [0.25, 0.3) is 0 Å². The molecule has 0 spiro atoms. The summed E-state index contributed by atoms with van der Waals surface area (Å²) in [7, 11) is 0. The second kappa shape index (κ2) is 2.18. The van der Waals surface area contributed by atoms with Gasteiger partial charge in [-0.05, 0) is 0 Å². The molecule has 0 amide bonds. The van der Waals surface area contributed by atoms with E-state index in [9.17, 15) is 9.59 Å². The van der Waals surface area contributed by atoms with Gasteiger partial charge in [-0.1, -0.05) is 4.73 Å². The highest BCUT2D eigenvalue weighted by molar-refractivity contribution is 7.16. The SMILES string of the molecule is O=c1[nH]c2scnc2c(=O)n1O. The molecule has 0 saturated heterocycles. The third kappa shape index (κ3) is 0.766. The lowest BCUT2D eigenvalue weighted by atomic mass is 10.6. The Hall–Kier alpha value is -1.63. The molecule has 0 aliphatic heterocycles. The van der Waals surface area contributed by atoms with Gasteiger partial charge >= 0.3 is 11.2 Å². The smallest absolute Gasteiger partial charge is 0.363 e. The Morgan fingerprint density at radius 3 is 3.08 bits per heavy atom. The topological polar surface area (TPSA) is 88.0 Å². The molecule has 2 aromatic rings. The molecule has 2 N–H and O–H groups in total. The van der Waals surface area contributed by atoms with Gasteiger partial charge in [0.2, 0.25) is 0 Å². The van der Waals surface area contributed by atoms with E-state index in [1.165, 1.54) is 5.51 Å². The molecular weight excluding hydrogens is 182 g/mol. The predicted octanol–water partition coefficient (Wildman–Crippen LogP) is -0.616. The van der Waals surface area contributed by atoms with Crippen molar-refractivity contribution in [2.75, 3.05) is 0 Å². The highest BCUT2D eigenvalue weighted by atomic mass is 32.1. The van der Waals surface area contributed by atoms with Crippen LogP contribution in [0.5, 0.6) is 0 Å². The molecule has 0 bridgehead atoms. The van der Waals surface area contributed by atoms with E-state index in [1.807, 2.05) is 0 Å². The van der Waals surface area contributed by atoms with Crippen LogP contribution in [0.4, 0.5) is 0 Å². The van der Waals surface area contributed by atoms with Crippen LogP contribution in [-0.4, -0.2) is 19.9 Å². The van der Waals surface area contributed by atoms with E-state index in [4.69, 9.17) is 5.21 Å².